The van der Waals surface area contributed by atoms with Gasteiger partial charge in [-0.25, -0.2) is 0 Å². The summed E-state index contributed by atoms with van der Waals surface area (Å²) in [5, 5.41) is 10.1. The van der Waals surface area contributed by atoms with Crippen molar-refractivity contribution in [3.63, 3.8) is 0 Å². The molecule has 2 rings (SSSR count). The van der Waals surface area contributed by atoms with E-state index in [-0.39, 0.29) is 12.5 Å². The third kappa shape index (κ3) is 3.78. The first-order chi connectivity index (χ1) is 11.5. The summed E-state index contributed by atoms with van der Waals surface area (Å²) in [5.41, 5.74) is 6.13. The van der Waals surface area contributed by atoms with E-state index in [1.807, 2.05) is 6.07 Å². The highest BCUT2D eigenvalue weighted by molar-refractivity contribution is 5.79. The molecular formula is C21H29NO2. The van der Waals surface area contributed by atoms with E-state index in [1.165, 1.54) is 0 Å². The molecular weight excluding hydrogens is 298 g/mol. The molecule has 1 N–H and O–H groups in total. The molecule has 0 unspecified atom stereocenters. The lowest BCUT2D eigenvalue weighted by molar-refractivity contribution is 0.280. The molecule has 0 radical (unpaired) electrons. The first-order valence-corrected chi connectivity index (χ1v) is 8.87. The Morgan fingerprint density at radius 2 is 1.88 bits per heavy atom. The van der Waals surface area contributed by atoms with E-state index < -0.39 is 0 Å². The van der Waals surface area contributed by atoms with Gasteiger partial charge in [0, 0.05) is 27.9 Å². The standard InChI is InChI=1S/C21H29NO2/c1-6-7-8-9-17-19(16-10-11-24-13-16)18(12-23)21(15(4)5)22-20(17)14(2)3/h8-11,13-15,23H,6-7,12H2,1-5H3. The average Bonchev–Trinajstić information content (AvgIpc) is 3.07. The van der Waals surface area contributed by atoms with Crippen LogP contribution in [0.2, 0.25) is 0 Å². The molecule has 0 fully saturated rings. The Hall–Kier alpha value is -1.87. The summed E-state index contributed by atoms with van der Waals surface area (Å²) >= 11 is 0. The van der Waals surface area contributed by atoms with Crippen LogP contribution in [0.1, 0.15) is 81.8 Å². The van der Waals surface area contributed by atoms with Gasteiger partial charge in [0.15, 0.2) is 0 Å². The van der Waals surface area contributed by atoms with Crippen LogP contribution < -0.4 is 0 Å². The first-order valence-electron chi connectivity index (χ1n) is 8.87. The van der Waals surface area contributed by atoms with E-state index in [1.54, 1.807) is 12.5 Å². The normalized spacial score (nSPS) is 12.0. The highest BCUT2D eigenvalue weighted by atomic mass is 16.3. The highest BCUT2D eigenvalue weighted by Gasteiger charge is 2.22. The van der Waals surface area contributed by atoms with Gasteiger partial charge in [0.1, 0.15) is 0 Å². The van der Waals surface area contributed by atoms with Crippen molar-refractivity contribution < 1.29 is 9.52 Å². The SMILES string of the molecule is CCCC=Cc1c(C(C)C)nc(C(C)C)c(CO)c1-c1ccoc1. The molecule has 0 aliphatic carbocycles. The molecule has 2 heterocycles. The number of pyridine rings is 1. The number of hydrogen-bond donors (Lipinski definition) is 1. The minimum absolute atomic E-state index is 0.0198. The number of aromatic nitrogens is 1. The zero-order valence-corrected chi connectivity index (χ0v) is 15.5. The van der Waals surface area contributed by atoms with Crippen molar-refractivity contribution in [3.05, 3.63) is 47.2 Å². The number of rotatable bonds is 7. The van der Waals surface area contributed by atoms with Gasteiger partial charge in [-0.05, 0) is 24.3 Å². The van der Waals surface area contributed by atoms with Crippen LogP contribution in [0.3, 0.4) is 0 Å². The number of nitrogens with zero attached hydrogens (tertiary/aromatic N) is 1. The Kier molecular flexibility index (Phi) is 6.38. The molecule has 3 nitrogen and oxygen atoms in total. The molecule has 0 atom stereocenters. The molecule has 3 heteroatoms. The fourth-order valence-electron chi connectivity index (χ4n) is 3.03. The number of allylic oxidation sites excluding steroid dienone is 1. The van der Waals surface area contributed by atoms with E-state index in [2.05, 4.69) is 46.8 Å². The maximum atomic E-state index is 10.1. The van der Waals surface area contributed by atoms with Gasteiger partial charge in [-0.3, -0.25) is 4.98 Å². The number of unbranched alkanes of at least 4 members (excludes halogenated alkanes) is 1. The van der Waals surface area contributed by atoms with Gasteiger partial charge < -0.3 is 9.52 Å². The van der Waals surface area contributed by atoms with Gasteiger partial charge in [-0.2, -0.15) is 0 Å². The maximum absolute atomic E-state index is 10.1. The molecule has 0 aromatic carbocycles. The summed E-state index contributed by atoms with van der Waals surface area (Å²) in [7, 11) is 0. The third-order valence-corrected chi connectivity index (χ3v) is 4.20. The predicted octanol–water partition coefficient (Wildman–Crippen LogP) is 5.89. The second kappa shape index (κ2) is 8.29. The maximum Gasteiger partial charge on any atom is 0.0981 e. The highest BCUT2D eigenvalue weighted by Crippen LogP contribution is 2.37. The Bertz CT molecular complexity index is 682. The average molecular weight is 327 g/mol. The number of aliphatic hydroxyl groups is 1. The van der Waals surface area contributed by atoms with Crippen molar-refractivity contribution in [2.24, 2.45) is 0 Å². The first kappa shape index (κ1) is 18.5. The summed E-state index contributed by atoms with van der Waals surface area (Å²) in [6.45, 7) is 10.7. The van der Waals surface area contributed by atoms with Crippen molar-refractivity contribution in [3.8, 4) is 11.1 Å². The quantitative estimate of drug-likeness (QED) is 0.689. The Labute approximate surface area is 145 Å². The second-order valence-corrected chi connectivity index (χ2v) is 6.82. The van der Waals surface area contributed by atoms with Crippen LogP contribution in [0.4, 0.5) is 0 Å². The molecule has 0 aliphatic rings. The van der Waals surface area contributed by atoms with Crippen molar-refractivity contribution in [1.82, 2.24) is 4.98 Å². The predicted molar refractivity (Wildman–Crippen MR) is 100.0 cm³/mol. The molecule has 24 heavy (non-hydrogen) atoms. The number of furan rings is 1. The zero-order chi connectivity index (χ0) is 17.7. The third-order valence-electron chi connectivity index (χ3n) is 4.20. The molecule has 0 aliphatic heterocycles. The molecule has 0 saturated heterocycles. The molecule has 0 saturated carbocycles. The second-order valence-electron chi connectivity index (χ2n) is 6.82. The summed E-state index contributed by atoms with van der Waals surface area (Å²) in [5.74, 6) is 0.561. The number of aliphatic hydroxyl groups excluding tert-OH is 1. The Balaban J connectivity index is 2.82. The summed E-state index contributed by atoms with van der Waals surface area (Å²) < 4.78 is 5.32. The van der Waals surface area contributed by atoms with Gasteiger partial charge in [0.2, 0.25) is 0 Å². The molecule has 130 valence electrons. The van der Waals surface area contributed by atoms with Crippen molar-refractivity contribution in [1.29, 1.82) is 0 Å². The minimum atomic E-state index is -0.0198. The lowest BCUT2D eigenvalue weighted by Gasteiger charge is -2.22. The van der Waals surface area contributed by atoms with Crippen molar-refractivity contribution in [2.45, 2.75) is 65.9 Å². The molecule has 0 bridgehead atoms. The fourth-order valence-corrected chi connectivity index (χ4v) is 3.03. The summed E-state index contributed by atoms with van der Waals surface area (Å²) in [6, 6.07) is 1.96. The molecule has 2 aromatic rings. The summed E-state index contributed by atoms with van der Waals surface area (Å²) in [6.07, 6.45) is 9.93. The topological polar surface area (TPSA) is 46.3 Å². The van der Waals surface area contributed by atoms with E-state index in [4.69, 9.17) is 9.40 Å². The van der Waals surface area contributed by atoms with E-state index >= 15 is 0 Å². The van der Waals surface area contributed by atoms with E-state index in [0.717, 1.165) is 46.5 Å². The lowest BCUT2D eigenvalue weighted by Crippen LogP contribution is -2.10. The van der Waals surface area contributed by atoms with Crippen LogP contribution in [-0.4, -0.2) is 10.1 Å². The summed E-state index contributed by atoms with van der Waals surface area (Å²) in [4.78, 5) is 4.95. The van der Waals surface area contributed by atoms with Crippen LogP contribution in [0.25, 0.3) is 17.2 Å². The van der Waals surface area contributed by atoms with Gasteiger partial charge in [0.25, 0.3) is 0 Å². The van der Waals surface area contributed by atoms with Gasteiger partial charge in [-0.15, -0.1) is 0 Å². The number of hydrogen-bond acceptors (Lipinski definition) is 3. The van der Waals surface area contributed by atoms with Crippen LogP contribution in [-0.2, 0) is 6.61 Å². The Morgan fingerprint density at radius 3 is 2.38 bits per heavy atom. The molecule has 0 amide bonds. The Morgan fingerprint density at radius 1 is 1.17 bits per heavy atom. The molecule has 2 aromatic heterocycles. The van der Waals surface area contributed by atoms with Crippen LogP contribution >= 0.6 is 0 Å². The van der Waals surface area contributed by atoms with Gasteiger partial charge in [-0.1, -0.05) is 53.2 Å². The molecule has 0 spiro atoms. The monoisotopic (exact) mass is 327 g/mol. The van der Waals surface area contributed by atoms with E-state index in [0.29, 0.717) is 5.92 Å². The van der Waals surface area contributed by atoms with Crippen LogP contribution in [0, 0.1) is 0 Å². The van der Waals surface area contributed by atoms with E-state index in [9.17, 15) is 5.11 Å². The van der Waals surface area contributed by atoms with Crippen molar-refractivity contribution >= 4 is 6.08 Å². The van der Waals surface area contributed by atoms with Crippen molar-refractivity contribution in [2.75, 3.05) is 0 Å². The minimum Gasteiger partial charge on any atom is -0.472 e. The smallest absolute Gasteiger partial charge is 0.0981 e. The van der Waals surface area contributed by atoms with Crippen LogP contribution in [0.15, 0.2) is 29.1 Å². The fraction of sp³-hybridized carbons (Fsp3) is 0.476. The zero-order valence-electron chi connectivity index (χ0n) is 15.5. The largest absolute Gasteiger partial charge is 0.472 e. The lowest BCUT2D eigenvalue weighted by atomic mass is 9.88. The van der Waals surface area contributed by atoms with Gasteiger partial charge in [0.05, 0.1) is 24.8 Å². The van der Waals surface area contributed by atoms with Crippen LogP contribution in [0.5, 0.6) is 0 Å². The van der Waals surface area contributed by atoms with Gasteiger partial charge >= 0.3 is 0 Å².